The van der Waals surface area contributed by atoms with E-state index in [4.69, 9.17) is 0 Å². The molecular formula is C23H25N5O. The quantitative estimate of drug-likeness (QED) is 0.509. The first kappa shape index (κ1) is 19.1. The summed E-state index contributed by atoms with van der Waals surface area (Å²) in [5, 5.41) is 0. The van der Waals surface area contributed by atoms with Gasteiger partial charge in [0.25, 0.3) is 0 Å². The largest absolute Gasteiger partial charge is 0.347 e. The lowest BCUT2D eigenvalue weighted by atomic mass is 10.1. The fourth-order valence-electron chi connectivity index (χ4n) is 3.74. The first-order valence-electron chi connectivity index (χ1n) is 9.75. The second-order valence-electron chi connectivity index (χ2n) is 7.80. The summed E-state index contributed by atoms with van der Waals surface area (Å²) in [6, 6.07) is 16.3. The molecule has 1 unspecified atom stereocenters. The zero-order valence-corrected chi connectivity index (χ0v) is 17.0. The van der Waals surface area contributed by atoms with Gasteiger partial charge in [-0.25, -0.2) is 14.8 Å². The van der Waals surface area contributed by atoms with Gasteiger partial charge in [-0.15, -0.1) is 0 Å². The second-order valence-corrected chi connectivity index (χ2v) is 7.80. The van der Waals surface area contributed by atoms with Crippen LogP contribution in [0.15, 0.2) is 72.0 Å². The molecule has 4 rings (SSSR count). The Bertz CT molecular complexity index is 1180. The molecule has 29 heavy (non-hydrogen) atoms. The molecule has 2 heterocycles. The van der Waals surface area contributed by atoms with E-state index in [1.54, 1.807) is 10.8 Å². The van der Waals surface area contributed by atoms with Crippen LogP contribution < -0.4 is 5.69 Å². The molecule has 0 saturated carbocycles. The summed E-state index contributed by atoms with van der Waals surface area (Å²) in [6.45, 7) is 3.70. The lowest BCUT2D eigenvalue weighted by molar-refractivity contribution is 0.312. The van der Waals surface area contributed by atoms with Crippen LogP contribution in [0.2, 0.25) is 0 Å². The van der Waals surface area contributed by atoms with Crippen LogP contribution in [0, 0.1) is 5.92 Å². The summed E-state index contributed by atoms with van der Waals surface area (Å²) in [5.41, 5.74) is 4.72. The van der Waals surface area contributed by atoms with Crippen molar-refractivity contribution < 1.29 is 0 Å². The number of rotatable bonds is 6. The highest BCUT2D eigenvalue weighted by molar-refractivity contribution is 5.83. The summed E-state index contributed by atoms with van der Waals surface area (Å²) < 4.78 is 3.78. The Hall–Kier alpha value is -3.25. The summed E-state index contributed by atoms with van der Waals surface area (Å²) in [4.78, 5) is 23.0. The zero-order chi connectivity index (χ0) is 20.4. The van der Waals surface area contributed by atoms with Crippen molar-refractivity contribution in [2.45, 2.75) is 13.5 Å². The van der Waals surface area contributed by atoms with Gasteiger partial charge in [-0.2, -0.15) is 0 Å². The van der Waals surface area contributed by atoms with E-state index >= 15 is 0 Å². The van der Waals surface area contributed by atoms with Crippen LogP contribution in [-0.4, -0.2) is 44.6 Å². The lowest BCUT2D eigenvalue weighted by Gasteiger charge is -2.18. The van der Waals surface area contributed by atoms with Crippen molar-refractivity contribution in [1.82, 2.24) is 24.0 Å². The fraction of sp³-hybridized carbons (Fsp3) is 0.261. The Balaban J connectivity index is 1.66. The molecule has 6 nitrogen and oxygen atoms in total. The number of nitrogens with zero attached hydrogens (tertiary/aromatic N) is 5. The minimum absolute atomic E-state index is 0.214. The Kier molecular flexibility index (Phi) is 5.27. The highest BCUT2D eigenvalue weighted by Crippen LogP contribution is 2.24. The van der Waals surface area contributed by atoms with Crippen molar-refractivity contribution in [1.29, 1.82) is 0 Å². The van der Waals surface area contributed by atoms with Gasteiger partial charge in [0, 0.05) is 36.7 Å². The van der Waals surface area contributed by atoms with Gasteiger partial charge in [-0.05, 0) is 49.8 Å². The maximum Gasteiger partial charge on any atom is 0.347 e. The average molecular weight is 387 g/mol. The van der Waals surface area contributed by atoms with Crippen molar-refractivity contribution in [3.05, 3.63) is 77.7 Å². The van der Waals surface area contributed by atoms with Crippen LogP contribution >= 0.6 is 0 Å². The predicted molar refractivity (Wildman–Crippen MR) is 116 cm³/mol. The van der Waals surface area contributed by atoms with Gasteiger partial charge in [0.1, 0.15) is 6.33 Å². The number of fused-ring (bicyclic) bond motifs is 1. The van der Waals surface area contributed by atoms with Crippen molar-refractivity contribution in [2.24, 2.45) is 5.92 Å². The minimum Gasteiger partial charge on any atom is -0.309 e. The van der Waals surface area contributed by atoms with Gasteiger partial charge >= 0.3 is 5.69 Å². The highest BCUT2D eigenvalue weighted by atomic mass is 16.1. The van der Waals surface area contributed by atoms with E-state index in [0.717, 1.165) is 34.4 Å². The highest BCUT2D eigenvalue weighted by Gasteiger charge is 2.10. The van der Waals surface area contributed by atoms with E-state index in [1.165, 1.54) is 0 Å². The number of hydrogen-bond donors (Lipinski definition) is 0. The molecule has 0 aliphatic carbocycles. The van der Waals surface area contributed by atoms with Gasteiger partial charge in [0.05, 0.1) is 11.0 Å². The molecule has 0 amide bonds. The van der Waals surface area contributed by atoms with Crippen LogP contribution in [-0.2, 0) is 6.54 Å². The molecular weight excluding hydrogens is 362 g/mol. The van der Waals surface area contributed by atoms with Crippen LogP contribution in [0.5, 0.6) is 0 Å². The Morgan fingerprint density at radius 2 is 1.83 bits per heavy atom. The first-order valence-corrected chi connectivity index (χ1v) is 9.75. The molecule has 0 spiro atoms. The van der Waals surface area contributed by atoms with E-state index in [0.29, 0.717) is 12.5 Å². The summed E-state index contributed by atoms with van der Waals surface area (Å²) in [5.74, 6) is 0.351. The lowest BCUT2D eigenvalue weighted by Crippen LogP contribution is -2.29. The van der Waals surface area contributed by atoms with Gasteiger partial charge in [-0.3, -0.25) is 9.13 Å². The van der Waals surface area contributed by atoms with E-state index < -0.39 is 0 Å². The zero-order valence-electron chi connectivity index (χ0n) is 17.0. The molecule has 0 radical (unpaired) electrons. The van der Waals surface area contributed by atoms with Gasteiger partial charge in [0.2, 0.25) is 0 Å². The van der Waals surface area contributed by atoms with Crippen molar-refractivity contribution in [3.8, 4) is 16.8 Å². The molecule has 4 aromatic rings. The Morgan fingerprint density at radius 1 is 1.03 bits per heavy atom. The Labute approximate surface area is 170 Å². The molecule has 0 aliphatic heterocycles. The summed E-state index contributed by atoms with van der Waals surface area (Å²) in [6.07, 6.45) is 5.38. The van der Waals surface area contributed by atoms with E-state index in [2.05, 4.69) is 50.6 Å². The first-order chi connectivity index (χ1) is 14.0. The standard InChI is InChI=1S/C23H25N5O/c1-17(13-26(2)3)14-27-15-19(12-24-23(27)29)18-9-10-22-21(11-18)25-16-28(22)20-7-5-4-6-8-20/h4-12,15-17H,13-14H2,1-3H3. The minimum atomic E-state index is -0.214. The van der Waals surface area contributed by atoms with Gasteiger partial charge < -0.3 is 4.90 Å². The molecule has 0 aliphatic rings. The third kappa shape index (κ3) is 4.12. The van der Waals surface area contributed by atoms with Crippen LogP contribution in [0.3, 0.4) is 0 Å². The molecule has 148 valence electrons. The molecule has 1 atom stereocenters. The summed E-state index contributed by atoms with van der Waals surface area (Å²) in [7, 11) is 4.08. The topological polar surface area (TPSA) is 56.0 Å². The normalized spacial score (nSPS) is 12.6. The van der Waals surface area contributed by atoms with Crippen molar-refractivity contribution >= 4 is 11.0 Å². The molecule has 0 N–H and O–H groups in total. The Morgan fingerprint density at radius 3 is 2.59 bits per heavy atom. The number of benzene rings is 2. The van der Waals surface area contributed by atoms with Crippen LogP contribution in [0.1, 0.15) is 6.92 Å². The molecule has 2 aromatic heterocycles. The van der Waals surface area contributed by atoms with Crippen LogP contribution in [0.25, 0.3) is 27.8 Å². The van der Waals surface area contributed by atoms with Crippen LogP contribution in [0.4, 0.5) is 0 Å². The molecule has 6 heteroatoms. The second kappa shape index (κ2) is 8.01. The number of imidazole rings is 1. The monoisotopic (exact) mass is 387 g/mol. The third-order valence-electron chi connectivity index (χ3n) is 4.95. The van der Waals surface area contributed by atoms with Crippen molar-refractivity contribution in [2.75, 3.05) is 20.6 Å². The molecule has 0 saturated heterocycles. The maximum absolute atomic E-state index is 12.2. The SMILES string of the molecule is CC(CN(C)C)Cn1cc(-c2ccc3c(c2)ncn3-c2ccccc2)cnc1=O. The number of aromatic nitrogens is 4. The smallest absolute Gasteiger partial charge is 0.309 e. The average Bonchev–Trinajstić information content (AvgIpc) is 3.13. The van der Waals surface area contributed by atoms with Gasteiger partial charge in [0.15, 0.2) is 0 Å². The molecule has 0 fully saturated rings. The van der Waals surface area contributed by atoms with Crippen molar-refractivity contribution in [3.63, 3.8) is 0 Å². The molecule has 2 aromatic carbocycles. The van der Waals surface area contributed by atoms with E-state index in [1.807, 2.05) is 50.9 Å². The summed E-state index contributed by atoms with van der Waals surface area (Å²) >= 11 is 0. The number of hydrogen-bond acceptors (Lipinski definition) is 4. The number of para-hydroxylation sites is 1. The van der Waals surface area contributed by atoms with Gasteiger partial charge in [-0.1, -0.05) is 31.2 Å². The fourth-order valence-corrected chi connectivity index (χ4v) is 3.74. The maximum atomic E-state index is 12.2. The van der Waals surface area contributed by atoms with E-state index in [-0.39, 0.29) is 5.69 Å². The van der Waals surface area contributed by atoms with E-state index in [9.17, 15) is 4.79 Å². The predicted octanol–water partition coefficient (Wildman–Crippen LogP) is 3.45. The molecule has 0 bridgehead atoms. The third-order valence-corrected chi connectivity index (χ3v) is 4.95.